The van der Waals surface area contributed by atoms with Crippen LogP contribution < -0.4 is 0 Å². The highest BCUT2D eigenvalue weighted by Gasteiger charge is 2.31. The highest BCUT2D eigenvalue weighted by Crippen LogP contribution is 2.38. The van der Waals surface area contributed by atoms with E-state index in [0.29, 0.717) is 5.92 Å². The molecule has 0 N–H and O–H groups in total. The smallest absolute Gasteiger partial charge is 0.0568 e. The number of rotatable bonds is 1. The van der Waals surface area contributed by atoms with Gasteiger partial charge in [-0.1, -0.05) is 36.8 Å². The molecular weight excluding hydrogens is 215 g/mol. The van der Waals surface area contributed by atoms with Gasteiger partial charge in [0.2, 0.25) is 0 Å². The molecule has 0 nitrogen and oxygen atoms in total. The quantitative estimate of drug-likeness (QED) is 0.634. The van der Waals surface area contributed by atoms with Crippen molar-refractivity contribution in [3.8, 4) is 0 Å². The van der Waals surface area contributed by atoms with Crippen LogP contribution in [0.15, 0.2) is 30.3 Å². The van der Waals surface area contributed by atoms with Crippen molar-refractivity contribution in [2.45, 2.75) is 35.9 Å². The van der Waals surface area contributed by atoms with Gasteiger partial charge in [-0.2, -0.15) is 0 Å². The van der Waals surface area contributed by atoms with Gasteiger partial charge in [0.15, 0.2) is 0 Å². The van der Waals surface area contributed by atoms with Crippen molar-refractivity contribution in [3.63, 3.8) is 0 Å². The molecule has 1 fully saturated rings. The average molecular weight is 229 g/mol. The normalized spacial score (nSPS) is 32.9. The van der Waals surface area contributed by atoms with Crippen molar-refractivity contribution in [2.24, 2.45) is 0 Å². The van der Waals surface area contributed by atoms with Crippen LogP contribution in [0.2, 0.25) is 0 Å². The summed E-state index contributed by atoms with van der Waals surface area (Å²) in [5.41, 5.74) is 1.33. The summed E-state index contributed by atoms with van der Waals surface area (Å²) in [5, 5.41) is 0.225. The van der Waals surface area contributed by atoms with Crippen LogP contribution in [-0.4, -0.2) is 10.8 Å². The van der Waals surface area contributed by atoms with E-state index in [0.717, 1.165) is 6.42 Å². The van der Waals surface area contributed by atoms with Crippen LogP contribution in [-0.2, 0) is 0 Å². The lowest BCUT2D eigenvalue weighted by Gasteiger charge is -2.31. The molecule has 2 heteroatoms. The third-order valence-corrected chi connectivity index (χ3v) is 4.18. The summed E-state index contributed by atoms with van der Waals surface area (Å²) in [6.45, 7) is 0. The summed E-state index contributed by atoms with van der Waals surface area (Å²) < 4.78 is 0. The fourth-order valence-corrected chi connectivity index (χ4v) is 2.88. The SMILES string of the molecule is ClC1CCCC(c2ccccc2)C1Cl. The Bertz CT molecular complexity index is 284. The first-order valence-electron chi connectivity index (χ1n) is 5.12. The first-order chi connectivity index (χ1) is 6.79. The lowest BCUT2D eigenvalue weighted by atomic mass is 9.83. The van der Waals surface area contributed by atoms with E-state index < -0.39 is 0 Å². The molecule has 0 heterocycles. The molecule has 76 valence electrons. The zero-order valence-corrected chi connectivity index (χ0v) is 9.51. The van der Waals surface area contributed by atoms with Gasteiger partial charge in [0.1, 0.15) is 0 Å². The number of halogens is 2. The second-order valence-corrected chi connectivity index (χ2v) is 4.97. The minimum absolute atomic E-state index is 0.0906. The van der Waals surface area contributed by atoms with Gasteiger partial charge in [0.25, 0.3) is 0 Å². The molecule has 1 aliphatic carbocycles. The largest absolute Gasteiger partial charge is 0.121 e. The van der Waals surface area contributed by atoms with Gasteiger partial charge < -0.3 is 0 Å². The first kappa shape index (κ1) is 10.3. The zero-order chi connectivity index (χ0) is 9.97. The minimum Gasteiger partial charge on any atom is -0.121 e. The molecule has 0 radical (unpaired) electrons. The molecule has 0 spiro atoms. The number of hydrogen-bond donors (Lipinski definition) is 0. The Morgan fingerprint density at radius 3 is 2.43 bits per heavy atom. The average Bonchev–Trinajstić information content (AvgIpc) is 2.23. The third-order valence-electron chi connectivity index (χ3n) is 2.95. The van der Waals surface area contributed by atoms with E-state index in [1.807, 2.05) is 6.07 Å². The van der Waals surface area contributed by atoms with E-state index in [-0.39, 0.29) is 10.8 Å². The van der Waals surface area contributed by atoms with E-state index in [9.17, 15) is 0 Å². The lowest BCUT2D eigenvalue weighted by molar-refractivity contribution is 0.456. The van der Waals surface area contributed by atoms with Crippen molar-refractivity contribution in [3.05, 3.63) is 35.9 Å². The van der Waals surface area contributed by atoms with Gasteiger partial charge in [-0.05, 0) is 18.4 Å². The maximum Gasteiger partial charge on any atom is 0.0568 e. The maximum absolute atomic E-state index is 6.34. The molecule has 2 rings (SSSR count). The van der Waals surface area contributed by atoms with Crippen LogP contribution >= 0.6 is 23.2 Å². The van der Waals surface area contributed by atoms with Gasteiger partial charge in [-0.25, -0.2) is 0 Å². The molecule has 0 aliphatic heterocycles. The summed E-state index contributed by atoms with van der Waals surface area (Å²) in [4.78, 5) is 0. The van der Waals surface area contributed by atoms with E-state index in [1.165, 1.54) is 18.4 Å². The molecule has 0 aromatic heterocycles. The zero-order valence-electron chi connectivity index (χ0n) is 8.00. The van der Waals surface area contributed by atoms with Gasteiger partial charge >= 0.3 is 0 Å². The second kappa shape index (κ2) is 4.55. The molecule has 3 atom stereocenters. The predicted octanol–water partition coefficient (Wildman–Crippen LogP) is 4.17. The summed E-state index contributed by atoms with van der Waals surface area (Å²) >= 11 is 12.5. The van der Waals surface area contributed by atoms with Crippen LogP contribution in [0.5, 0.6) is 0 Å². The van der Waals surface area contributed by atoms with Crippen LogP contribution in [0.4, 0.5) is 0 Å². The minimum atomic E-state index is 0.0906. The van der Waals surface area contributed by atoms with Crippen molar-refractivity contribution in [1.82, 2.24) is 0 Å². The Kier molecular flexibility index (Phi) is 3.35. The second-order valence-electron chi connectivity index (χ2n) is 3.91. The lowest BCUT2D eigenvalue weighted by Crippen LogP contribution is -2.27. The van der Waals surface area contributed by atoms with Gasteiger partial charge in [0.05, 0.1) is 10.8 Å². The topological polar surface area (TPSA) is 0 Å². The summed E-state index contributed by atoms with van der Waals surface area (Å²) in [6, 6.07) is 10.5. The molecule has 0 saturated heterocycles. The van der Waals surface area contributed by atoms with Crippen molar-refractivity contribution in [1.29, 1.82) is 0 Å². The van der Waals surface area contributed by atoms with Gasteiger partial charge in [0, 0.05) is 5.92 Å². The number of alkyl halides is 2. The highest BCUT2D eigenvalue weighted by atomic mass is 35.5. The summed E-state index contributed by atoms with van der Waals surface area (Å²) in [6.07, 6.45) is 3.41. The predicted molar refractivity (Wildman–Crippen MR) is 62.3 cm³/mol. The van der Waals surface area contributed by atoms with Crippen molar-refractivity contribution < 1.29 is 0 Å². The molecule has 1 aromatic rings. The van der Waals surface area contributed by atoms with E-state index in [2.05, 4.69) is 24.3 Å². The fourth-order valence-electron chi connectivity index (χ4n) is 2.15. The monoisotopic (exact) mass is 228 g/mol. The third kappa shape index (κ3) is 2.07. The van der Waals surface area contributed by atoms with Gasteiger partial charge in [-0.3, -0.25) is 0 Å². The first-order valence-corrected chi connectivity index (χ1v) is 5.99. The van der Waals surface area contributed by atoms with Crippen LogP contribution in [0.3, 0.4) is 0 Å². The molecule has 0 bridgehead atoms. The van der Waals surface area contributed by atoms with Crippen LogP contribution in [0.1, 0.15) is 30.7 Å². The molecule has 1 saturated carbocycles. The molecule has 1 aromatic carbocycles. The Hall–Kier alpha value is -0.200. The van der Waals surface area contributed by atoms with E-state index >= 15 is 0 Å². The maximum atomic E-state index is 6.34. The molecule has 1 aliphatic rings. The highest BCUT2D eigenvalue weighted by molar-refractivity contribution is 6.30. The number of hydrogen-bond acceptors (Lipinski definition) is 0. The standard InChI is InChI=1S/C12H14Cl2/c13-11-8-4-7-10(12(11)14)9-5-2-1-3-6-9/h1-3,5-6,10-12H,4,7-8H2. The molecular formula is C12H14Cl2. The van der Waals surface area contributed by atoms with Crippen molar-refractivity contribution in [2.75, 3.05) is 0 Å². The molecule has 0 amide bonds. The van der Waals surface area contributed by atoms with Crippen LogP contribution in [0, 0.1) is 0 Å². The Balaban J connectivity index is 2.17. The Morgan fingerprint density at radius 2 is 1.71 bits per heavy atom. The fraction of sp³-hybridized carbons (Fsp3) is 0.500. The van der Waals surface area contributed by atoms with Crippen LogP contribution in [0.25, 0.3) is 0 Å². The van der Waals surface area contributed by atoms with Gasteiger partial charge in [-0.15, -0.1) is 23.2 Å². The Labute approximate surface area is 95.2 Å². The van der Waals surface area contributed by atoms with E-state index in [1.54, 1.807) is 0 Å². The Morgan fingerprint density at radius 1 is 1.00 bits per heavy atom. The summed E-state index contributed by atoms with van der Waals surface area (Å²) in [7, 11) is 0. The van der Waals surface area contributed by atoms with Crippen molar-refractivity contribution >= 4 is 23.2 Å². The molecule has 3 unspecified atom stereocenters. The molecule has 14 heavy (non-hydrogen) atoms. The summed E-state index contributed by atoms with van der Waals surface area (Å²) in [5.74, 6) is 0.439. The van der Waals surface area contributed by atoms with E-state index in [4.69, 9.17) is 23.2 Å². The number of benzene rings is 1.